The minimum Gasteiger partial charge on any atom is -0.352 e. The molecule has 1 saturated heterocycles. The third kappa shape index (κ3) is 7.04. The lowest BCUT2D eigenvalue weighted by Crippen LogP contribution is -2.45. The molecule has 2 heterocycles. The zero-order chi connectivity index (χ0) is 24.6. The van der Waals surface area contributed by atoms with Crippen LogP contribution in [0.3, 0.4) is 0 Å². The van der Waals surface area contributed by atoms with Crippen LogP contribution < -0.4 is 10.6 Å². The van der Waals surface area contributed by atoms with E-state index in [0.29, 0.717) is 27.7 Å². The van der Waals surface area contributed by atoms with Gasteiger partial charge in [0.1, 0.15) is 0 Å². The maximum atomic E-state index is 12.7. The zero-order valence-electron chi connectivity index (χ0n) is 19.3. The van der Waals surface area contributed by atoms with E-state index in [1.165, 1.54) is 0 Å². The third-order valence-corrected chi connectivity index (χ3v) is 6.92. The summed E-state index contributed by atoms with van der Waals surface area (Å²) in [5, 5.41) is 6.90. The molecule has 0 radical (unpaired) electrons. The minimum atomic E-state index is -0.154. The molecule has 8 heteroatoms. The maximum Gasteiger partial charge on any atom is 0.251 e. The van der Waals surface area contributed by atoms with Crippen LogP contribution in [-0.4, -0.2) is 53.9 Å². The van der Waals surface area contributed by atoms with Crippen molar-refractivity contribution in [1.29, 1.82) is 0 Å². The van der Waals surface area contributed by atoms with Gasteiger partial charge in [0.05, 0.1) is 10.0 Å². The average molecular weight is 511 g/mol. The van der Waals surface area contributed by atoms with Gasteiger partial charge >= 0.3 is 0 Å². The van der Waals surface area contributed by atoms with Gasteiger partial charge in [-0.2, -0.15) is 0 Å². The van der Waals surface area contributed by atoms with Crippen LogP contribution in [0.5, 0.6) is 0 Å². The standard InChI is InChI=1S/C27H28Cl2N4O2/c28-24-9-8-21(17-25(24)29)26(34)31-13-2-14-33-15-10-23(11-16-33)32-27(35)20-6-4-19(5-7-20)22-3-1-12-30-18-22/h1,3-9,12,17-18,23H,2,10-11,13-16H2,(H,31,34)(H,32,35). The highest BCUT2D eigenvalue weighted by atomic mass is 35.5. The molecule has 0 atom stereocenters. The van der Waals surface area contributed by atoms with E-state index in [9.17, 15) is 9.59 Å². The second-order valence-corrected chi connectivity index (χ2v) is 9.46. The Kier molecular flexibility index (Phi) is 8.74. The summed E-state index contributed by atoms with van der Waals surface area (Å²) >= 11 is 11.9. The molecule has 0 saturated carbocycles. The van der Waals surface area contributed by atoms with Crippen LogP contribution in [0.2, 0.25) is 10.0 Å². The van der Waals surface area contributed by atoms with Crippen molar-refractivity contribution < 1.29 is 9.59 Å². The number of halogens is 2. The van der Waals surface area contributed by atoms with Crippen LogP contribution >= 0.6 is 23.2 Å². The van der Waals surface area contributed by atoms with Gasteiger partial charge in [-0.3, -0.25) is 14.6 Å². The van der Waals surface area contributed by atoms with Crippen molar-refractivity contribution in [3.63, 3.8) is 0 Å². The number of benzene rings is 2. The first-order valence-corrected chi connectivity index (χ1v) is 12.5. The number of likely N-dealkylation sites (tertiary alicyclic amines) is 1. The van der Waals surface area contributed by atoms with Gasteiger partial charge in [0.2, 0.25) is 0 Å². The van der Waals surface area contributed by atoms with E-state index in [1.54, 1.807) is 24.4 Å². The fraction of sp³-hybridized carbons (Fsp3) is 0.296. The molecule has 1 aliphatic rings. The van der Waals surface area contributed by atoms with Crippen LogP contribution in [0.4, 0.5) is 0 Å². The lowest BCUT2D eigenvalue weighted by Gasteiger charge is -2.32. The Labute approximate surface area is 215 Å². The van der Waals surface area contributed by atoms with Crippen molar-refractivity contribution in [3.05, 3.63) is 88.2 Å². The van der Waals surface area contributed by atoms with Crippen LogP contribution in [0.15, 0.2) is 67.0 Å². The molecular formula is C27H28Cl2N4O2. The summed E-state index contributed by atoms with van der Waals surface area (Å²) in [5.74, 6) is -0.190. The molecule has 6 nitrogen and oxygen atoms in total. The number of rotatable bonds is 8. The van der Waals surface area contributed by atoms with Gasteiger partial charge in [0.25, 0.3) is 11.8 Å². The lowest BCUT2D eigenvalue weighted by atomic mass is 10.0. The number of piperidine rings is 1. The van der Waals surface area contributed by atoms with Gasteiger partial charge < -0.3 is 15.5 Å². The van der Waals surface area contributed by atoms with Crippen molar-refractivity contribution >= 4 is 35.0 Å². The average Bonchev–Trinajstić information content (AvgIpc) is 2.89. The number of hydrogen-bond donors (Lipinski definition) is 2. The summed E-state index contributed by atoms with van der Waals surface area (Å²) in [5.41, 5.74) is 3.23. The number of aromatic nitrogens is 1. The second-order valence-electron chi connectivity index (χ2n) is 8.65. The minimum absolute atomic E-state index is 0.0359. The topological polar surface area (TPSA) is 74.3 Å². The number of amides is 2. The number of carbonyl (C=O) groups excluding carboxylic acids is 2. The molecule has 3 aromatic rings. The Bertz CT molecular complexity index is 1150. The summed E-state index contributed by atoms with van der Waals surface area (Å²) in [7, 11) is 0. The second kappa shape index (κ2) is 12.2. The highest BCUT2D eigenvalue weighted by Crippen LogP contribution is 2.22. The predicted molar refractivity (Wildman–Crippen MR) is 140 cm³/mol. The Balaban J connectivity index is 1.15. The zero-order valence-corrected chi connectivity index (χ0v) is 20.9. The summed E-state index contributed by atoms with van der Waals surface area (Å²) in [6.07, 6.45) is 6.23. The first kappa shape index (κ1) is 25.2. The van der Waals surface area contributed by atoms with E-state index in [-0.39, 0.29) is 17.9 Å². The highest BCUT2D eigenvalue weighted by Gasteiger charge is 2.21. The molecule has 2 N–H and O–H groups in total. The van der Waals surface area contributed by atoms with Gasteiger partial charge in [-0.1, -0.05) is 41.4 Å². The lowest BCUT2D eigenvalue weighted by molar-refractivity contribution is 0.0911. The molecule has 0 spiro atoms. The van der Waals surface area contributed by atoms with E-state index < -0.39 is 0 Å². The van der Waals surface area contributed by atoms with Gasteiger partial charge in [-0.15, -0.1) is 0 Å². The van der Waals surface area contributed by atoms with Crippen LogP contribution in [0, 0.1) is 0 Å². The van der Waals surface area contributed by atoms with Crippen LogP contribution in [0.25, 0.3) is 11.1 Å². The van der Waals surface area contributed by atoms with Gasteiger partial charge in [0, 0.05) is 49.2 Å². The number of carbonyl (C=O) groups is 2. The number of pyridine rings is 1. The van der Waals surface area contributed by atoms with E-state index in [2.05, 4.69) is 20.5 Å². The van der Waals surface area contributed by atoms with Gasteiger partial charge in [0.15, 0.2) is 0 Å². The molecule has 0 aliphatic carbocycles. The van der Waals surface area contributed by atoms with E-state index in [0.717, 1.165) is 50.0 Å². The Hall–Kier alpha value is -2.93. The molecule has 1 fully saturated rings. The fourth-order valence-electron chi connectivity index (χ4n) is 4.16. The molecular weight excluding hydrogens is 483 g/mol. The molecule has 1 aliphatic heterocycles. The van der Waals surface area contributed by atoms with Crippen LogP contribution in [-0.2, 0) is 0 Å². The third-order valence-electron chi connectivity index (χ3n) is 6.18. The maximum absolute atomic E-state index is 12.7. The fourth-order valence-corrected chi connectivity index (χ4v) is 4.46. The van der Waals surface area contributed by atoms with E-state index in [1.807, 2.05) is 42.6 Å². The SMILES string of the molecule is O=C(NCCCN1CCC(NC(=O)c2ccc(-c3cccnc3)cc2)CC1)c1ccc(Cl)c(Cl)c1. The van der Waals surface area contributed by atoms with Gasteiger partial charge in [-0.05, 0) is 73.3 Å². The van der Waals surface area contributed by atoms with Gasteiger partial charge in [-0.25, -0.2) is 0 Å². The molecule has 4 rings (SSSR count). The summed E-state index contributed by atoms with van der Waals surface area (Å²) < 4.78 is 0. The van der Waals surface area contributed by atoms with Crippen molar-refractivity contribution in [2.45, 2.75) is 25.3 Å². The molecule has 35 heavy (non-hydrogen) atoms. The highest BCUT2D eigenvalue weighted by molar-refractivity contribution is 6.42. The largest absolute Gasteiger partial charge is 0.352 e. The molecule has 1 aromatic heterocycles. The predicted octanol–water partition coefficient (Wildman–Crippen LogP) is 5.07. The number of nitrogens with one attached hydrogen (secondary N) is 2. The number of nitrogens with zero attached hydrogens (tertiary/aromatic N) is 2. The van der Waals surface area contributed by atoms with Crippen molar-refractivity contribution in [1.82, 2.24) is 20.5 Å². The smallest absolute Gasteiger partial charge is 0.251 e. The first-order valence-electron chi connectivity index (χ1n) is 11.8. The van der Waals surface area contributed by atoms with E-state index in [4.69, 9.17) is 23.2 Å². The molecule has 0 bridgehead atoms. The molecule has 0 unspecified atom stereocenters. The molecule has 2 aromatic carbocycles. The summed E-state index contributed by atoms with van der Waals surface area (Å²) in [6, 6.07) is 16.6. The Morgan fingerprint density at radius 2 is 1.66 bits per heavy atom. The Morgan fingerprint density at radius 1 is 0.914 bits per heavy atom. The van der Waals surface area contributed by atoms with E-state index >= 15 is 0 Å². The van der Waals surface area contributed by atoms with Crippen molar-refractivity contribution in [3.8, 4) is 11.1 Å². The van der Waals surface area contributed by atoms with Crippen molar-refractivity contribution in [2.24, 2.45) is 0 Å². The van der Waals surface area contributed by atoms with Crippen molar-refractivity contribution in [2.75, 3.05) is 26.2 Å². The quantitative estimate of drug-likeness (QED) is 0.415. The number of hydrogen-bond acceptors (Lipinski definition) is 4. The Morgan fingerprint density at radius 3 is 2.34 bits per heavy atom. The molecule has 2 amide bonds. The summed E-state index contributed by atoms with van der Waals surface area (Å²) in [4.78, 5) is 31.4. The molecule has 182 valence electrons. The summed E-state index contributed by atoms with van der Waals surface area (Å²) in [6.45, 7) is 3.33. The van der Waals surface area contributed by atoms with Crippen LogP contribution in [0.1, 0.15) is 40.0 Å². The monoisotopic (exact) mass is 510 g/mol. The normalized spacial score (nSPS) is 14.5. The first-order chi connectivity index (χ1) is 17.0.